The van der Waals surface area contributed by atoms with Crippen molar-refractivity contribution < 1.29 is 32.3 Å². The number of nitrogens with one attached hydrogen (secondary N) is 1. The van der Waals surface area contributed by atoms with E-state index < -0.39 is 38.0 Å². The molecule has 2 unspecified atom stereocenters. The predicted molar refractivity (Wildman–Crippen MR) is 130 cm³/mol. The van der Waals surface area contributed by atoms with Crippen molar-refractivity contribution in [3.63, 3.8) is 0 Å². The molecule has 8 nitrogen and oxygen atoms in total. The number of halogens is 1. The number of carbonyl (C=O) groups excluding carboxylic acids is 1. The maximum Gasteiger partial charge on any atom is 0.380 e. The normalized spacial score (nSPS) is 22.8. The van der Waals surface area contributed by atoms with Crippen molar-refractivity contribution in [2.75, 3.05) is 12.8 Å². The van der Waals surface area contributed by atoms with Crippen molar-refractivity contribution in [1.82, 2.24) is 9.55 Å². The van der Waals surface area contributed by atoms with Crippen LogP contribution in [0.25, 0.3) is 0 Å². The molecule has 12 heteroatoms. The van der Waals surface area contributed by atoms with E-state index in [1.807, 2.05) is 0 Å². The molecule has 1 saturated heterocycles. The van der Waals surface area contributed by atoms with Gasteiger partial charge >= 0.3 is 13.6 Å². The SMILES string of the molecule is CC(C)OC(=O)[C@H](C)CP(=O)(OC[C@@H]1CC(F)[C@H](n2ccc(=S)[nH]c2=S)O1)Oc1ccccc1. The summed E-state index contributed by atoms with van der Waals surface area (Å²) < 4.78 is 52.9. The van der Waals surface area contributed by atoms with Gasteiger partial charge in [0, 0.05) is 12.6 Å². The van der Waals surface area contributed by atoms with Gasteiger partial charge in [0.1, 0.15) is 16.6 Å². The van der Waals surface area contributed by atoms with Crippen LogP contribution in [0.3, 0.4) is 0 Å². The molecule has 1 aliphatic rings. The van der Waals surface area contributed by atoms with E-state index in [-0.39, 0.29) is 30.1 Å². The molecule has 1 fully saturated rings. The van der Waals surface area contributed by atoms with E-state index in [0.29, 0.717) is 10.4 Å². The molecule has 0 amide bonds. The summed E-state index contributed by atoms with van der Waals surface area (Å²) in [7, 11) is -3.83. The van der Waals surface area contributed by atoms with Gasteiger partial charge in [0.2, 0.25) is 0 Å². The van der Waals surface area contributed by atoms with Crippen LogP contribution >= 0.6 is 32.0 Å². The molecule has 34 heavy (non-hydrogen) atoms. The second kappa shape index (κ2) is 11.7. The van der Waals surface area contributed by atoms with Gasteiger partial charge in [-0.15, -0.1) is 0 Å². The van der Waals surface area contributed by atoms with Gasteiger partial charge in [-0.3, -0.25) is 13.9 Å². The number of esters is 1. The van der Waals surface area contributed by atoms with E-state index in [4.69, 9.17) is 43.0 Å². The van der Waals surface area contributed by atoms with Crippen LogP contribution in [0.2, 0.25) is 0 Å². The van der Waals surface area contributed by atoms with Crippen LogP contribution in [-0.2, 0) is 23.4 Å². The zero-order valence-corrected chi connectivity index (χ0v) is 21.6. The quantitative estimate of drug-likeness (QED) is 0.235. The minimum absolute atomic E-state index is 0.0123. The van der Waals surface area contributed by atoms with Gasteiger partial charge < -0.3 is 19.0 Å². The van der Waals surface area contributed by atoms with Crippen LogP contribution in [0.4, 0.5) is 4.39 Å². The molecule has 1 aliphatic heterocycles. The Labute approximate surface area is 207 Å². The highest BCUT2D eigenvalue weighted by molar-refractivity contribution is 7.72. The molecule has 2 aromatic rings. The molecule has 0 bridgehead atoms. The van der Waals surface area contributed by atoms with E-state index in [0.717, 1.165) is 0 Å². The number of aromatic amines is 1. The molecule has 5 atom stereocenters. The van der Waals surface area contributed by atoms with Crippen LogP contribution < -0.4 is 4.52 Å². The number of nitrogens with zero attached hydrogens (tertiary/aromatic N) is 1. The largest absolute Gasteiger partial charge is 0.463 e. The average Bonchev–Trinajstić information content (AvgIpc) is 3.13. The summed E-state index contributed by atoms with van der Waals surface area (Å²) in [5, 5.41) is 0. The van der Waals surface area contributed by atoms with Crippen molar-refractivity contribution in [1.29, 1.82) is 0 Å². The monoisotopic (exact) mass is 530 g/mol. The Kier molecular flexibility index (Phi) is 9.17. The molecular weight excluding hydrogens is 502 g/mol. The third-order valence-electron chi connectivity index (χ3n) is 4.95. The lowest BCUT2D eigenvalue weighted by atomic mass is 10.2. The van der Waals surface area contributed by atoms with Gasteiger partial charge in [-0.1, -0.05) is 37.3 Å². The van der Waals surface area contributed by atoms with Crippen molar-refractivity contribution in [2.24, 2.45) is 5.92 Å². The summed E-state index contributed by atoms with van der Waals surface area (Å²) >= 11 is 10.3. The summed E-state index contributed by atoms with van der Waals surface area (Å²) in [5.74, 6) is -0.920. The summed E-state index contributed by atoms with van der Waals surface area (Å²) in [6, 6.07) is 10.1. The minimum atomic E-state index is -3.83. The van der Waals surface area contributed by atoms with Gasteiger partial charge in [-0.25, -0.2) is 8.96 Å². The molecule has 0 spiro atoms. The predicted octanol–water partition coefficient (Wildman–Crippen LogP) is 5.78. The van der Waals surface area contributed by atoms with E-state index >= 15 is 0 Å². The number of alkyl halides is 1. The summed E-state index contributed by atoms with van der Waals surface area (Å²) in [4.78, 5) is 15.1. The molecule has 1 N–H and O–H groups in total. The third kappa shape index (κ3) is 7.29. The zero-order valence-electron chi connectivity index (χ0n) is 19.1. The van der Waals surface area contributed by atoms with E-state index in [1.54, 1.807) is 63.4 Å². The Morgan fingerprint density at radius 1 is 1.26 bits per heavy atom. The fraction of sp³-hybridized carbons (Fsp3) is 0.500. The fourth-order valence-electron chi connectivity index (χ4n) is 3.39. The number of H-pyrrole nitrogens is 1. The molecular formula is C22H28FN2O6PS2. The van der Waals surface area contributed by atoms with Crippen LogP contribution in [0, 0.1) is 15.3 Å². The summed E-state index contributed by atoms with van der Waals surface area (Å²) in [5.41, 5.74) is 0. The topological polar surface area (TPSA) is 91.8 Å². The Bertz CT molecular complexity index is 1140. The Morgan fingerprint density at radius 3 is 2.62 bits per heavy atom. The first-order chi connectivity index (χ1) is 16.1. The summed E-state index contributed by atoms with van der Waals surface area (Å²) in [6.45, 7) is 4.86. The molecule has 0 aliphatic carbocycles. The number of hydrogen-bond donors (Lipinski definition) is 1. The number of para-hydroxylation sites is 1. The lowest BCUT2D eigenvalue weighted by molar-refractivity contribution is -0.151. The number of carbonyl (C=O) groups is 1. The molecule has 3 rings (SSSR count). The minimum Gasteiger partial charge on any atom is -0.463 e. The molecule has 1 aromatic heterocycles. The average molecular weight is 531 g/mol. The maximum atomic E-state index is 14.8. The Hall–Kier alpha value is -1.91. The first kappa shape index (κ1) is 26.7. The van der Waals surface area contributed by atoms with Crippen molar-refractivity contribution >= 4 is 38.0 Å². The highest BCUT2D eigenvalue weighted by atomic mass is 32.1. The van der Waals surface area contributed by atoms with E-state index in [9.17, 15) is 13.8 Å². The van der Waals surface area contributed by atoms with E-state index in [2.05, 4.69) is 4.98 Å². The Balaban J connectivity index is 1.71. The van der Waals surface area contributed by atoms with Crippen LogP contribution in [0.5, 0.6) is 5.75 Å². The maximum absolute atomic E-state index is 14.8. The van der Waals surface area contributed by atoms with E-state index in [1.165, 1.54) is 4.57 Å². The number of aromatic nitrogens is 2. The first-order valence-electron chi connectivity index (χ1n) is 10.9. The molecule has 0 saturated carbocycles. The molecule has 186 valence electrons. The zero-order chi connectivity index (χ0) is 24.9. The highest BCUT2D eigenvalue weighted by Crippen LogP contribution is 2.50. The van der Waals surface area contributed by atoms with Crippen LogP contribution in [-0.4, -0.2) is 46.7 Å². The number of ether oxygens (including phenoxy) is 2. The molecule has 1 aromatic carbocycles. The second-order valence-corrected chi connectivity index (χ2v) is 11.2. The van der Waals surface area contributed by atoms with Crippen molar-refractivity contribution in [3.8, 4) is 5.75 Å². The number of hydrogen-bond acceptors (Lipinski definition) is 8. The van der Waals surface area contributed by atoms with Gasteiger partial charge in [0.15, 0.2) is 11.0 Å². The lowest BCUT2D eigenvalue weighted by Crippen LogP contribution is -2.24. The van der Waals surface area contributed by atoms with Gasteiger partial charge in [-0.05, 0) is 44.3 Å². The first-order valence-corrected chi connectivity index (χ1v) is 13.4. The van der Waals surface area contributed by atoms with Crippen LogP contribution in [0.1, 0.15) is 33.4 Å². The standard InChI is InChI=1S/C22H28FN2O6PS2/c1-14(2)29-21(26)15(3)13-32(27,31-16-7-5-4-6-8-16)28-12-17-11-18(23)20(30-17)25-10-9-19(33)24-22(25)34/h4-10,14-15,17-18,20H,11-13H2,1-3H3,(H,24,33,34)/t15-,17+,18?,20-,32?/m1/s1. The van der Waals surface area contributed by atoms with Gasteiger partial charge in [0.25, 0.3) is 0 Å². The highest BCUT2D eigenvalue weighted by Gasteiger charge is 2.40. The molecule has 2 heterocycles. The second-order valence-electron chi connectivity index (χ2n) is 8.30. The fourth-order valence-corrected chi connectivity index (χ4v) is 5.78. The van der Waals surface area contributed by atoms with Gasteiger partial charge in [0.05, 0.1) is 30.9 Å². The summed E-state index contributed by atoms with van der Waals surface area (Å²) in [6.07, 6.45) is -1.97. The third-order valence-corrected chi connectivity index (χ3v) is 7.53. The van der Waals surface area contributed by atoms with Crippen molar-refractivity contribution in [3.05, 3.63) is 52.0 Å². The van der Waals surface area contributed by atoms with Gasteiger partial charge in [-0.2, -0.15) is 0 Å². The smallest absolute Gasteiger partial charge is 0.380 e. The molecule has 0 radical (unpaired) electrons. The number of benzene rings is 1. The Morgan fingerprint density at radius 2 is 1.97 bits per heavy atom. The lowest BCUT2D eigenvalue weighted by Gasteiger charge is -2.24. The number of rotatable bonds is 10. The van der Waals surface area contributed by atoms with Crippen LogP contribution in [0.15, 0.2) is 42.6 Å². The van der Waals surface area contributed by atoms with Crippen molar-refractivity contribution in [2.45, 2.75) is 51.8 Å².